The zero-order chi connectivity index (χ0) is 10.3. The van der Waals surface area contributed by atoms with E-state index in [2.05, 4.69) is 14.9 Å². The Kier molecular flexibility index (Phi) is 4.21. The van der Waals surface area contributed by atoms with Crippen LogP contribution in [0.4, 0.5) is 0 Å². The van der Waals surface area contributed by atoms with Gasteiger partial charge in [-0.2, -0.15) is 0 Å². The Morgan fingerprint density at radius 1 is 1.20 bits per heavy atom. The second-order valence-corrected chi connectivity index (χ2v) is 4.44. The highest BCUT2D eigenvalue weighted by Crippen LogP contribution is 2.18. The van der Waals surface area contributed by atoms with E-state index in [9.17, 15) is 0 Å². The number of hydrogen-bond acceptors (Lipinski definition) is 2. The Morgan fingerprint density at radius 2 is 2.07 bits per heavy atom. The molecule has 1 aliphatic carbocycles. The van der Waals surface area contributed by atoms with Gasteiger partial charge in [0.05, 0.1) is 6.33 Å². The van der Waals surface area contributed by atoms with Crippen molar-refractivity contribution in [2.24, 2.45) is 0 Å². The van der Waals surface area contributed by atoms with Crippen molar-refractivity contribution >= 4 is 0 Å². The Morgan fingerprint density at radius 3 is 2.80 bits per heavy atom. The molecule has 0 bridgehead atoms. The summed E-state index contributed by atoms with van der Waals surface area (Å²) in [6.07, 6.45) is 13.9. The van der Waals surface area contributed by atoms with Gasteiger partial charge in [-0.05, 0) is 32.2 Å². The van der Waals surface area contributed by atoms with Gasteiger partial charge in [0.15, 0.2) is 0 Å². The number of aromatic nitrogens is 2. The fourth-order valence-electron chi connectivity index (χ4n) is 1.79. The molecule has 1 aromatic heterocycles. The van der Waals surface area contributed by atoms with E-state index >= 15 is 0 Å². The summed E-state index contributed by atoms with van der Waals surface area (Å²) < 4.78 is 2.16. The van der Waals surface area contributed by atoms with E-state index in [-0.39, 0.29) is 0 Å². The Labute approximate surface area is 91.9 Å². The van der Waals surface area contributed by atoms with Gasteiger partial charge in [-0.3, -0.25) is 0 Å². The van der Waals surface area contributed by atoms with E-state index in [4.69, 9.17) is 0 Å². The van der Waals surface area contributed by atoms with Crippen LogP contribution in [0.5, 0.6) is 0 Å². The van der Waals surface area contributed by atoms with Gasteiger partial charge in [0.1, 0.15) is 0 Å². The Hall–Kier alpha value is -0.830. The van der Waals surface area contributed by atoms with Crippen molar-refractivity contribution in [1.82, 2.24) is 14.9 Å². The third-order valence-electron chi connectivity index (χ3n) is 2.91. The van der Waals surface area contributed by atoms with Crippen molar-refractivity contribution in [1.29, 1.82) is 0 Å². The molecule has 0 atom stereocenters. The standard InChI is InChI=1S/C12H21N3/c1(3-7-14-12-5-6-12)2-4-9-15-10-8-13-11-15/h8,10-12,14H,1-7,9H2. The summed E-state index contributed by atoms with van der Waals surface area (Å²) in [4.78, 5) is 4.03. The van der Waals surface area contributed by atoms with Crippen molar-refractivity contribution in [3.05, 3.63) is 18.7 Å². The molecule has 0 unspecified atom stereocenters. The second-order valence-electron chi connectivity index (χ2n) is 4.44. The van der Waals surface area contributed by atoms with Gasteiger partial charge in [0.25, 0.3) is 0 Å². The molecule has 0 radical (unpaired) electrons. The molecule has 0 amide bonds. The van der Waals surface area contributed by atoms with Gasteiger partial charge in [-0.1, -0.05) is 12.8 Å². The minimum Gasteiger partial charge on any atom is -0.337 e. The molecular formula is C12H21N3. The first kappa shape index (κ1) is 10.7. The number of nitrogens with one attached hydrogen (secondary N) is 1. The van der Waals surface area contributed by atoms with E-state index in [1.54, 1.807) is 0 Å². The lowest BCUT2D eigenvalue weighted by atomic mass is 10.2. The zero-order valence-electron chi connectivity index (χ0n) is 9.36. The summed E-state index contributed by atoms with van der Waals surface area (Å²) in [6, 6.07) is 0.871. The van der Waals surface area contributed by atoms with E-state index in [0.717, 1.165) is 12.6 Å². The molecule has 1 aromatic rings. The maximum Gasteiger partial charge on any atom is 0.0945 e. The molecule has 0 spiro atoms. The normalized spacial score (nSPS) is 15.7. The van der Waals surface area contributed by atoms with Gasteiger partial charge < -0.3 is 9.88 Å². The van der Waals surface area contributed by atoms with E-state index in [1.807, 2.05) is 18.7 Å². The van der Waals surface area contributed by atoms with Crippen LogP contribution in [0.25, 0.3) is 0 Å². The highest BCUT2D eigenvalue weighted by atomic mass is 15.0. The molecule has 1 fully saturated rings. The number of aryl methyl sites for hydroxylation is 1. The molecule has 84 valence electrons. The fraction of sp³-hybridized carbons (Fsp3) is 0.750. The SMILES string of the molecule is c1cn(CCCCCCNC2CC2)cn1. The highest BCUT2D eigenvalue weighted by molar-refractivity contribution is 4.80. The first-order valence-corrected chi connectivity index (χ1v) is 6.14. The highest BCUT2D eigenvalue weighted by Gasteiger charge is 2.19. The van der Waals surface area contributed by atoms with Crippen molar-refractivity contribution in [2.75, 3.05) is 6.54 Å². The van der Waals surface area contributed by atoms with Crippen LogP contribution in [0, 0.1) is 0 Å². The van der Waals surface area contributed by atoms with Crippen LogP contribution in [-0.4, -0.2) is 22.1 Å². The summed E-state index contributed by atoms with van der Waals surface area (Å²) in [5.41, 5.74) is 0. The van der Waals surface area contributed by atoms with Crippen molar-refractivity contribution in [3.8, 4) is 0 Å². The van der Waals surface area contributed by atoms with Gasteiger partial charge in [-0.15, -0.1) is 0 Å². The first-order chi connectivity index (χ1) is 7.45. The van der Waals surface area contributed by atoms with Crippen LogP contribution in [0.15, 0.2) is 18.7 Å². The molecule has 1 N–H and O–H groups in total. The van der Waals surface area contributed by atoms with E-state index in [1.165, 1.54) is 45.1 Å². The van der Waals surface area contributed by atoms with Crippen LogP contribution in [0.3, 0.4) is 0 Å². The smallest absolute Gasteiger partial charge is 0.0945 e. The molecule has 1 heterocycles. The molecule has 2 rings (SSSR count). The van der Waals surface area contributed by atoms with Crippen LogP contribution in [0.2, 0.25) is 0 Å². The summed E-state index contributed by atoms with van der Waals surface area (Å²) in [7, 11) is 0. The second kappa shape index (κ2) is 5.91. The largest absolute Gasteiger partial charge is 0.337 e. The quantitative estimate of drug-likeness (QED) is 0.662. The van der Waals surface area contributed by atoms with Crippen LogP contribution in [0.1, 0.15) is 38.5 Å². The summed E-state index contributed by atoms with van der Waals surface area (Å²) in [5.74, 6) is 0. The predicted octanol–water partition coefficient (Wildman–Crippen LogP) is 2.20. The average molecular weight is 207 g/mol. The summed E-state index contributed by atoms with van der Waals surface area (Å²) in [6.45, 7) is 2.34. The minimum atomic E-state index is 0.871. The predicted molar refractivity (Wildman–Crippen MR) is 61.7 cm³/mol. The molecule has 3 heteroatoms. The fourth-order valence-corrected chi connectivity index (χ4v) is 1.79. The van der Waals surface area contributed by atoms with Gasteiger partial charge in [0, 0.05) is 25.0 Å². The molecular weight excluding hydrogens is 186 g/mol. The monoisotopic (exact) mass is 207 g/mol. The maximum absolute atomic E-state index is 4.03. The summed E-state index contributed by atoms with van der Waals surface area (Å²) >= 11 is 0. The Balaban J connectivity index is 1.38. The lowest BCUT2D eigenvalue weighted by Gasteiger charge is -2.03. The van der Waals surface area contributed by atoms with Crippen molar-refractivity contribution < 1.29 is 0 Å². The number of rotatable bonds is 8. The number of nitrogens with zero attached hydrogens (tertiary/aromatic N) is 2. The summed E-state index contributed by atoms with van der Waals surface area (Å²) in [5, 5.41) is 3.55. The molecule has 0 aromatic carbocycles. The maximum atomic E-state index is 4.03. The molecule has 0 aliphatic heterocycles. The van der Waals surface area contributed by atoms with Gasteiger partial charge >= 0.3 is 0 Å². The third-order valence-corrected chi connectivity index (χ3v) is 2.91. The van der Waals surface area contributed by atoms with Crippen LogP contribution >= 0.6 is 0 Å². The van der Waals surface area contributed by atoms with Gasteiger partial charge in [-0.25, -0.2) is 4.98 Å². The van der Waals surface area contributed by atoms with Crippen molar-refractivity contribution in [3.63, 3.8) is 0 Å². The van der Waals surface area contributed by atoms with Crippen LogP contribution < -0.4 is 5.32 Å². The molecule has 15 heavy (non-hydrogen) atoms. The zero-order valence-corrected chi connectivity index (χ0v) is 9.36. The third kappa shape index (κ3) is 4.47. The van der Waals surface area contributed by atoms with Crippen molar-refractivity contribution in [2.45, 2.75) is 51.1 Å². The van der Waals surface area contributed by atoms with E-state index < -0.39 is 0 Å². The van der Waals surface area contributed by atoms with Gasteiger partial charge in [0.2, 0.25) is 0 Å². The lowest BCUT2D eigenvalue weighted by Crippen LogP contribution is -2.17. The molecule has 3 nitrogen and oxygen atoms in total. The number of imidazole rings is 1. The minimum absolute atomic E-state index is 0.871. The number of unbranched alkanes of at least 4 members (excludes halogenated alkanes) is 3. The van der Waals surface area contributed by atoms with Crippen LogP contribution in [-0.2, 0) is 6.54 Å². The first-order valence-electron chi connectivity index (χ1n) is 6.14. The topological polar surface area (TPSA) is 29.9 Å². The van der Waals surface area contributed by atoms with E-state index in [0.29, 0.717) is 0 Å². The Bertz CT molecular complexity index is 252. The molecule has 1 aliphatic rings. The molecule has 1 saturated carbocycles. The lowest BCUT2D eigenvalue weighted by molar-refractivity contribution is 0.550. The average Bonchev–Trinajstić information content (AvgIpc) is 2.92. The number of hydrogen-bond donors (Lipinski definition) is 1. The molecule has 0 saturated heterocycles.